The van der Waals surface area contributed by atoms with Crippen molar-refractivity contribution in [2.75, 3.05) is 0 Å². The Kier molecular flexibility index (Phi) is 4.26. The van der Waals surface area contributed by atoms with Gasteiger partial charge in [-0.25, -0.2) is 0 Å². The highest BCUT2D eigenvalue weighted by Gasteiger charge is 2.45. The summed E-state index contributed by atoms with van der Waals surface area (Å²) in [6.07, 6.45) is 13.4. The average Bonchev–Trinajstić information content (AvgIpc) is 3.08. The second-order valence-electron chi connectivity index (χ2n) is 9.94. The zero-order valence-electron chi connectivity index (χ0n) is 17.1. The van der Waals surface area contributed by atoms with Gasteiger partial charge in [-0.1, -0.05) is 38.3 Å². The molecular weight excluding hydrogens is 320 g/mol. The summed E-state index contributed by atoms with van der Waals surface area (Å²) < 4.78 is 6.51. The number of hydrogen-bond donors (Lipinski definition) is 1. The molecule has 0 aromatic heterocycles. The fourth-order valence-electron chi connectivity index (χ4n) is 5.68. The van der Waals surface area contributed by atoms with Crippen molar-refractivity contribution in [1.29, 1.82) is 0 Å². The van der Waals surface area contributed by atoms with Crippen molar-refractivity contribution < 1.29 is 9.84 Å². The van der Waals surface area contributed by atoms with Crippen LogP contribution in [-0.2, 0) is 4.74 Å². The van der Waals surface area contributed by atoms with Crippen LogP contribution in [0.3, 0.4) is 0 Å². The topological polar surface area (TPSA) is 29.5 Å². The molecule has 3 aliphatic carbocycles. The summed E-state index contributed by atoms with van der Waals surface area (Å²) in [6, 6.07) is 0. The van der Waals surface area contributed by atoms with Crippen LogP contribution in [0, 0.1) is 17.3 Å². The van der Waals surface area contributed by atoms with E-state index in [1.165, 1.54) is 42.4 Å². The zero-order chi connectivity index (χ0) is 18.7. The number of hydrogen-bond acceptors (Lipinski definition) is 2. The van der Waals surface area contributed by atoms with E-state index in [4.69, 9.17) is 4.74 Å². The van der Waals surface area contributed by atoms with E-state index in [2.05, 4.69) is 52.8 Å². The van der Waals surface area contributed by atoms with E-state index in [9.17, 15) is 5.11 Å². The number of fused-ring (bicyclic) bond motifs is 2. The van der Waals surface area contributed by atoms with Gasteiger partial charge in [-0.3, -0.25) is 0 Å². The Balaban J connectivity index is 1.76. The predicted octanol–water partition coefficient (Wildman–Crippen LogP) is 5.85. The third-order valence-electron chi connectivity index (χ3n) is 7.46. The number of aliphatic hydroxyl groups is 1. The van der Waals surface area contributed by atoms with Gasteiger partial charge in [-0.15, -0.1) is 0 Å². The van der Waals surface area contributed by atoms with Crippen LogP contribution in [0.5, 0.6) is 0 Å². The lowest BCUT2D eigenvalue weighted by atomic mass is 9.67. The smallest absolute Gasteiger partial charge is 0.126 e. The molecule has 142 valence electrons. The highest BCUT2D eigenvalue weighted by Crippen LogP contribution is 2.52. The molecule has 0 bridgehead atoms. The third kappa shape index (κ3) is 2.81. The van der Waals surface area contributed by atoms with Crippen LogP contribution >= 0.6 is 0 Å². The summed E-state index contributed by atoms with van der Waals surface area (Å²) in [5.41, 5.74) is 4.99. The molecule has 1 N–H and O–H groups in total. The first kappa shape index (κ1) is 18.1. The molecule has 2 heteroatoms. The van der Waals surface area contributed by atoms with Gasteiger partial charge in [0.15, 0.2) is 0 Å². The summed E-state index contributed by atoms with van der Waals surface area (Å²) >= 11 is 0. The lowest BCUT2D eigenvalue weighted by Gasteiger charge is -2.47. The molecule has 1 saturated carbocycles. The summed E-state index contributed by atoms with van der Waals surface area (Å²) in [7, 11) is 0. The molecule has 1 heterocycles. The van der Waals surface area contributed by atoms with Gasteiger partial charge in [0.05, 0.1) is 0 Å². The molecule has 2 nitrogen and oxygen atoms in total. The average molecular weight is 355 g/mol. The zero-order valence-corrected chi connectivity index (χ0v) is 17.1. The second-order valence-corrected chi connectivity index (χ2v) is 9.94. The van der Waals surface area contributed by atoms with E-state index in [-0.39, 0.29) is 11.0 Å². The standard InChI is InChI=1S/C24H34O2/c1-15-10-11-19-18(12-15)22-20(25)13-17(14-21(22)26-24(19,4)5)23(2,3)16-8-6-7-9-16/h10,13-14,16,19-20,25H,6-9,11-12H2,1-5H3. The summed E-state index contributed by atoms with van der Waals surface area (Å²) in [4.78, 5) is 0. The summed E-state index contributed by atoms with van der Waals surface area (Å²) in [5, 5.41) is 11.1. The molecule has 0 aromatic carbocycles. The van der Waals surface area contributed by atoms with Crippen molar-refractivity contribution in [3.05, 3.63) is 46.3 Å². The van der Waals surface area contributed by atoms with Crippen LogP contribution in [0.1, 0.15) is 73.1 Å². The van der Waals surface area contributed by atoms with Gasteiger partial charge in [0.2, 0.25) is 0 Å². The second kappa shape index (κ2) is 6.12. The Morgan fingerprint density at radius 1 is 1.19 bits per heavy atom. The highest BCUT2D eigenvalue weighted by molar-refractivity contribution is 5.52. The van der Waals surface area contributed by atoms with Crippen molar-refractivity contribution >= 4 is 0 Å². The normalized spacial score (nSPS) is 31.5. The minimum atomic E-state index is -0.537. The van der Waals surface area contributed by atoms with Crippen LogP contribution in [-0.4, -0.2) is 16.8 Å². The molecule has 0 saturated heterocycles. The quantitative estimate of drug-likeness (QED) is 0.630. The fourth-order valence-corrected chi connectivity index (χ4v) is 5.68. The van der Waals surface area contributed by atoms with Gasteiger partial charge in [-0.2, -0.15) is 0 Å². The molecule has 0 amide bonds. The van der Waals surface area contributed by atoms with E-state index in [1.54, 1.807) is 0 Å². The van der Waals surface area contributed by atoms with Crippen molar-refractivity contribution in [2.45, 2.75) is 84.8 Å². The number of ether oxygens (including phenoxy) is 1. The van der Waals surface area contributed by atoms with Gasteiger partial charge in [0.25, 0.3) is 0 Å². The van der Waals surface area contributed by atoms with Gasteiger partial charge in [-0.05, 0) is 81.1 Å². The maximum atomic E-state index is 11.1. The van der Waals surface area contributed by atoms with Crippen molar-refractivity contribution in [1.82, 2.24) is 0 Å². The van der Waals surface area contributed by atoms with Crippen LogP contribution in [0.25, 0.3) is 0 Å². The molecule has 1 fully saturated rings. The van der Waals surface area contributed by atoms with Crippen LogP contribution in [0.2, 0.25) is 0 Å². The monoisotopic (exact) mass is 354 g/mol. The lowest BCUT2D eigenvalue weighted by Crippen LogP contribution is -2.43. The molecule has 4 rings (SSSR count). The maximum absolute atomic E-state index is 11.1. The first-order valence-corrected chi connectivity index (χ1v) is 10.4. The van der Waals surface area contributed by atoms with Crippen molar-refractivity contribution in [2.24, 2.45) is 17.3 Å². The number of rotatable bonds is 2. The SMILES string of the molecule is CC1=CCC2C(=C3C(=CC(C(C)(C)C4CCCC4)=CC3O)OC2(C)C)C1. The predicted molar refractivity (Wildman–Crippen MR) is 107 cm³/mol. The van der Waals surface area contributed by atoms with Gasteiger partial charge in [0.1, 0.15) is 17.5 Å². The lowest BCUT2D eigenvalue weighted by molar-refractivity contribution is -0.0187. The molecule has 26 heavy (non-hydrogen) atoms. The molecule has 1 aliphatic heterocycles. The van der Waals surface area contributed by atoms with Gasteiger partial charge < -0.3 is 9.84 Å². The van der Waals surface area contributed by atoms with E-state index in [1.807, 2.05) is 0 Å². The molecule has 2 atom stereocenters. The highest BCUT2D eigenvalue weighted by atomic mass is 16.5. The van der Waals surface area contributed by atoms with Gasteiger partial charge in [0, 0.05) is 11.5 Å². The Bertz CT molecular complexity index is 723. The summed E-state index contributed by atoms with van der Waals surface area (Å²) in [6.45, 7) is 11.3. The molecule has 0 spiro atoms. The fraction of sp³-hybridized carbons (Fsp3) is 0.667. The van der Waals surface area contributed by atoms with Crippen LogP contribution in [0.15, 0.2) is 46.3 Å². The Labute approximate surface area is 158 Å². The Hall–Kier alpha value is -1.28. The Morgan fingerprint density at radius 2 is 1.88 bits per heavy atom. The number of allylic oxidation sites excluding steroid dienone is 4. The molecule has 4 aliphatic rings. The summed E-state index contributed by atoms with van der Waals surface area (Å²) in [5.74, 6) is 1.99. The van der Waals surface area contributed by atoms with Crippen molar-refractivity contribution in [3.63, 3.8) is 0 Å². The largest absolute Gasteiger partial charge is 0.487 e. The van der Waals surface area contributed by atoms with E-state index in [0.717, 1.165) is 24.2 Å². The van der Waals surface area contributed by atoms with Crippen LogP contribution < -0.4 is 0 Å². The molecular formula is C24H34O2. The van der Waals surface area contributed by atoms with E-state index in [0.29, 0.717) is 11.8 Å². The third-order valence-corrected chi connectivity index (χ3v) is 7.46. The first-order chi connectivity index (χ1) is 12.2. The van der Waals surface area contributed by atoms with Crippen molar-refractivity contribution in [3.8, 4) is 0 Å². The molecule has 2 unspecified atom stereocenters. The molecule has 0 aromatic rings. The maximum Gasteiger partial charge on any atom is 0.126 e. The van der Waals surface area contributed by atoms with Gasteiger partial charge >= 0.3 is 0 Å². The number of aliphatic hydroxyl groups excluding tert-OH is 1. The van der Waals surface area contributed by atoms with E-state index >= 15 is 0 Å². The van der Waals surface area contributed by atoms with E-state index < -0.39 is 6.10 Å². The first-order valence-electron chi connectivity index (χ1n) is 10.4. The minimum absolute atomic E-state index is 0.0907. The minimum Gasteiger partial charge on any atom is -0.487 e. The Morgan fingerprint density at radius 3 is 2.58 bits per heavy atom. The molecule has 0 radical (unpaired) electrons. The van der Waals surface area contributed by atoms with Crippen LogP contribution in [0.4, 0.5) is 0 Å².